The highest BCUT2D eigenvalue weighted by Crippen LogP contribution is 2.38. The predicted octanol–water partition coefficient (Wildman–Crippen LogP) is 1.65. The van der Waals surface area contributed by atoms with Gasteiger partial charge in [0.25, 0.3) is 0 Å². The van der Waals surface area contributed by atoms with E-state index in [1.165, 1.54) is 0 Å². The van der Waals surface area contributed by atoms with Gasteiger partial charge in [-0.2, -0.15) is 0 Å². The van der Waals surface area contributed by atoms with Gasteiger partial charge >= 0.3 is 0 Å². The van der Waals surface area contributed by atoms with E-state index in [-0.39, 0.29) is 17.5 Å². The molecule has 4 rings (SSSR count). The van der Waals surface area contributed by atoms with E-state index < -0.39 is 9.84 Å². The second-order valence-corrected chi connectivity index (χ2v) is 7.94. The minimum absolute atomic E-state index is 0.0586. The smallest absolute Gasteiger partial charge is 0.154 e. The molecule has 0 amide bonds. The van der Waals surface area contributed by atoms with Crippen LogP contribution in [-0.4, -0.2) is 44.0 Å². The molecule has 0 saturated carbocycles. The molecule has 1 aromatic heterocycles. The van der Waals surface area contributed by atoms with Crippen LogP contribution in [0.1, 0.15) is 6.42 Å². The highest BCUT2D eigenvalue weighted by molar-refractivity contribution is 7.91. The Morgan fingerprint density at radius 3 is 3.05 bits per heavy atom. The van der Waals surface area contributed by atoms with Gasteiger partial charge in [0.2, 0.25) is 0 Å². The summed E-state index contributed by atoms with van der Waals surface area (Å²) in [6.07, 6.45) is 2.70. The van der Waals surface area contributed by atoms with Gasteiger partial charge in [-0.15, -0.1) is 0 Å². The van der Waals surface area contributed by atoms with Crippen LogP contribution in [0, 0.1) is 0 Å². The molecule has 3 heterocycles. The fourth-order valence-corrected chi connectivity index (χ4v) is 4.93. The first-order valence-electron chi connectivity index (χ1n) is 7.23. The summed E-state index contributed by atoms with van der Waals surface area (Å²) in [6, 6.07) is 8.10. The Balaban J connectivity index is 1.91. The lowest BCUT2D eigenvalue weighted by Gasteiger charge is -2.36. The molecule has 1 atom stereocenters. The zero-order valence-corrected chi connectivity index (χ0v) is 12.4. The highest BCUT2D eigenvalue weighted by atomic mass is 32.2. The summed E-state index contributed by atoms with van der Waals surface area (Å²) in [7, 11) is -2.91. The summed E-state index contributed by atoms with van der Waals surface area (Å²) in [5.74, 6) is 0.490. The number of anilines is 2. The van der Waals surface area contributed by atoms with E-state index in [4.69, 9.17) is 0 Å². The fraction of sp³-hybridized carbons (Fsp3) is 0.400. The third-order valence-corrected chi connectivity index (χ3v) is 6.05. The zero-order valence-electron chi connectivity index (χ0n) is 11.6. The monoisotopic (exact) mass is 303 g/mol. The van der Waals surface area contributed by atoms with Gasteiger partial charge in [0.1, 0.15) is 0 Å². The van der Waals surface area contributed by atoms with Crippen LogP contribution < -0.4 is 10.2 Å². The van der Waals surface area contributed by atoms with Crippen LogP contribution in [0.3, 0.4) is 0 Å². The Labute approximate surface area is 123 Å². The molecule has 1 saturated heterocycles. The number of para-hydroxylation sites is 1. The van der Waals surface area contributed by atoms with E-state index in [9.17, 15) is 8.42 Å². The Hall–Kier alpha value is -1.82. The van der Waals surface area contributed by atoms with Gasteiger partial charge in [-0.05, 0) is 12.5 Å². The average molecular weight is 303 g/mol. The first-order chi connectivity index (χ1) is 10.1. The van der Waals surface area contributed by atoms with Crippen molar-refractivity contribution >= 4 is 32.1 Å². The van der Waals surface area contributed by atoms with Gasteiger partial charge in [0.15, 0.2) is 9.84 Å². The molecule has 0 bridgehead atoms. The van der Waals surface area contributed by atoms with Gasteiger partial charge in [-0.3, -0.25) is 4.98 Å². The molecular formula is C15H17N3O2S. The maximum atomic E-state index is 11.9. The number of benzene rings is 1. The third kappa shape index (κ3) is 2.14. The number of hydrogen-bond donors (Lipinski definition) is 1. The van der Waals surface area contributed by atoms with Crippen LogP contribution >= 0.6 is 0 Å². The summed E-state index contributed by atoms with van der Waals surface area (Å²) < 4.78 is 23.9. The van der Waals surface area contributed by atoms with Crippen LogP contribution in [0.15, 0.2) is 30.5 Å². The lowest BCUT2D eigenvalue weighted by atomic mass is 10.1. The first kappa shape index (κ1) is 12.9. The summed E-state index contributed by atoms with van der Waals surface area (Å²) in [5.41, 5.74) is 3.07. The molecule has 110 valence electrons. The van der Waals surface area contributed by atoms with Crippen LogP contribution in [0.5, 0.6) is 0 Å². The van der Waals surface area contributed by atoms with Crippen molar-refractivity contribution in [3.05, 3.63) is 30.5 Å². The van der Waals surface area contributed by atoms with E-state index in [1.807, 2.05) is 24.4 Å². The summed E-state index contributed by atoms with van der Waals surface area (Å²) in [4.78, 5) is 6.76. The standard InChI is InChI=1S/C15H17N3O2S/c19-21(20)8-7-18-11(10-21)5-6-16-14-9-17-13-4-2-1-3-12(13)15(14)18/h1-4,9,11,16H,5-8,10H2. The fourth-order valence-electron chi connectivity index (χ4n) is 3.36. The zero-order chi connectivity index (χ0) is 14.4. The second kappa shape index (κ2) is 4.59. The summed E-state index contributed by atoms with van der Waals surface area (Å²) >= 11 is 0. The van der Waals surface area contributed by atoms with E-state index in [2.05, 4.69) is 21.3 Å². The lowest BCUT2D eigenvalue weighted by Crippen LogP contribution is -2.48. The number of sulfone groups is 1. The van der Waals surface area contributed by atoms with Crippen molar-refractivity contribution in [1.29, 1.82) is 0 Å². The molecule has 2 aromatic rings. The Kier molecular flexibility index (Phi) is 2.82. The maximum absolute atomic E-state index is 11.9. The normalized spacial score (nSPS) is 23.8. The maximum Gasteiger partial charge on any atom is 0.154 e. The van der Waals surface area contributed by atoms with Crippen molar-refractivity contribution in [2.75, 3.05) is 34.8 Å². The quantitative estimate of drug-likeness (QED) is 0.802. The molecule has 6 heteroatoms. The van der Waals surface area contributed by atoms with E-state index in [0.717, 1.165) is 35.2 Å². The summed E-state index contributed by atoms with van der Waals surface area (Å²) in [6.45, 7) is 1.35. The molecule has 2 aliphatic rings. The van der Waals surface area contributed by atoms with E-state index in [0.29, 0.717) is 6.54 Å². The van der Waals surface area contributed by atoms with Crippen LogP contribution in [0.2, 0.25) is 0 Å². The minimum atomic E-state index is -2.91. The molecular weight excluding hydrogens is 286 g/mol. The molecule has 0 radical (unpaired) electrons. The van der Waals surface area contributed by atoms with Gasteiger partial charge in [0, 0.05) is 24.5 Å². The van der Waals surface area contributed by atoms with Gasteiger partial charge in [-0.1, -0.05) is 18.2 Å². The second-order valence-electron chi connectivity index (χ2n) is 5.71. The SMILES string of the molecule is O=S1(=O)CCN2c3c(cnc4ccccc34)NCCC2C1. The molecule has 0 spiro atoms. The van der Waals surface area contributed by atoms with Crippen LogP contribution in [0.4, 0.5) is 11.4 Å². The summed E-state index contributed by atoms with van der Waals surface area (Å²) in [5, 5.41) is 4.49. The molecule has 0 aliphatic carbocycles. The van der Waals surface area contributed by atoms with Crippen molar-refractivity contribution in [1.82, 2.24) is 4.98 Å². The van der Waals surface area contributed by atoms with Gasteiger partial charge in [0.05, 0.1) is 34.6 Å². The van der Waals surface area contributed by atoms with E-state index in [1.54, 1.807) is 0 Å². The molecule has 1 N–H and O–H groups in total. The molecule has 2 aliphatic heterocycles. The Morgan fingerprint density at radius 2 is 2.14 bits per heavy atom. The number of aromatic nitrogens is 1. The number of pyridine rings is 1. The minimum Gasteiger partial charge on any atom is -0.382 e. The molecule has 1 unspecified atom stereocenters. The Morgan fingerprint density at radius 1 is 1.29 bits per heavy atom. The molecule has 1 aromatic carbocycles. The third-order valence-electron chi connectivity index (χ3n) is 4.36. The number of nitrogens with one attached hydrogen (secondary N) is 1. The predicted molar refractivity (Wildman–Crippen MR) is 84.6 cm³/mol. The number of fused-ring (bicyclic) bond motifs is 5. The van der Waals surface area contributed by atoms with Crippen molar-refractivity contribution < 1.29 is 8.42 Å². The highest BCUT2D eigenvalue weighted by Gasteiger charge is 2.34. The largest absolute Gasteiger partial charge is 0.382 e. The topological polar surface area (TPSA) is 62.3 Å². The van der Waals surface area contributed by atoms with Gasteiger partial charge < -0.3 is 10.2 Å². The van der Waals surface area contributed by atoms with Crippen LogP contribution in [0.25, 0.3) is 10.9 Å². The number of hydrogen-bond acceptors (Lipinski definition) is 5. The first-order valence-corrected chi connectivity index (χ1v) is 9.05. The van der Waals surface area contributed by atoms with Crippen molar-refractivity contribution in [2.24, 2.45) is 0 Å². The van der Waals surface area contributed by atoms with Crippen molar-refractivity contribution in [3.63, 3.8) is 0 Å². The molecule has 5 nitrogen and oxygen atoms in total. The van der Waals surface area contributed by atoms with E-state index >= 15 is 0 Å². The van der Waals surface area contributed by atoms with Crippen molar-refractivity contribution in [2.45, 2.75) is 12.5 Å². The van der Waals surface area contributed by atoms with Crippen LogP contribution in [-0.2, 0) is 9.84 Å². The molecule has 1 fully saturated rings. The van der Waals surface area contributed by atoms with Gasteiger partial charge in [-0.25, -0.2) is 8.42 Å². The number of nitrogens with zero attached hydrogens (tertiary/aromatic N) is 2. The Bertz CT molecular complexity index is 804. The molecule has 21 heavy (non-hydrogen) atoms. The average Bonchev–Trinajstić information content (AvgIpc) is 2.64. The lowest BCUT2D eigenvalue weighted by molar-refractivity contribution is 0.550. The number of rotatable bonds is 0. The van der Waals surface area contributed by atoms with Crippen molar-refractivity contribution in [3.8, 4) is 0 Å².